The maximum absolute atomic E-state index is 12.0. The number of likely N-dealkylation sites (N-methyl/N-ethyl adjacent to an activating group) is 1. The van der Waals surface area contributed by atoms with Crippen LogP contribution in [0.15, 0.2) is 0 Å². The van der Waals surface area contributed by atoms with E-state index in [0.717, 1.165) is 6.54 Å². The van der Waals surface area contributed by atoms with Crippen molar-refractivity contribution in [2.75, 3.05) is 26.7 Å². The molecule has 0 saturated carbocycles. The zero-order chi connectivity index (χ0) is 13.9. The van der Waals surface area contributed by atoms with E-state index < -0.39 is 17.7 Å². The van der Waals surface area contributed by atoms with Crippen LogP contribution in [0.4, 0.5) is 4.79 Å². The van der Waals surface area contributed by atoms with Crippen molar-refractivity contribution in [2.45, 2.75) is 38.8 Å². The van der Waals surface area contributed by atoms with Gasteiger partial charge in [0.2, 0.25) is 0 Å². The fraction of sp³-hybridized carbons (Fsp3) is 0.833. The molecule has 1 unspecified atom stereocenters. The van der Waals surface area contributed by atoms with Crippen LogP contribution in [0.5, 0.6) is 0 Å². The van der Waals surface area contributed by atoms with Gasteiger partial charge in [0.1, 0.15) is 5.60 Å². The molecular formula is C12H22N2O4. The third-order valence-corrected chi connectivity index (χ3v) is 2.72. The number of hydrogen-bond donors (Lipinski definition) is 1. The minimum Gasteiger partial charge on any atom is -0.481 e. The maximum atomic E-state index is 12.0. The van der Waals surface area contributed by atoms with Gasteiger partial charge in [0.15, 0.2) is 0 Å². The van der Waals surface area contributed by atoms with Crippen LogP contribution in [0.2, 0.25) is 0 Å². The summed E-state index contributed by atoms with van der Waals surface area (Å²) in [5.74, 6) is -0.899. The summed E-state index contributed by atoms with van der Waals surface area (Å²) in [7, 11) is 1.92. The number of ether oxygens (including phenoxy) is 1. The van der Waals surface area contributed by atoms with Gasteiger partial charge in [-0.05, 0) is 27.8 Å². The number of nitrogens with zero attached hydrogens (tertiary/aromatic N) is 2. The van der Waals surface area contributed by atoms with Crippen LogP contribution in [0.3, 0.4) is 0 Å². The SMILES string of the molecule is CN1CCN(C(=O)OC(C)(C)C)C(CC(=O)O)C1. The van der Waals surface area contributed by atoms with Gasteiger partial charge in [-0.25, -0.2) is 4.79 Å². The van der Waals surface area contributed by atoms with E-state index in [2.05, 4.69) is 0 Å². The van der Waals surface area contributed by atoms with Gasteiger partial charge in [0, 0.05) is 19.6 Å². The second-order valence-electron chi connectivity index (χ2n) is 5.69. The lowest BCUT2D eigenvalue weighted by Gasteiger charge is -2.39. The highest BCUT2D eigenvalue weighted by Crippen LogP contribution is 2.17. The third kappa shape index (κ3) is 4.52. The molecule has 6 heteroatoms. The van der Waals surface area contributed by atoms with Gasteiger partial charge < -0.3 is 19.6 Å². The fourth-order valence-electron chi connectivity index (χ4n) is 1.95. The number of piperazine rings is 1. The molecule has 104 valence electrons. The largest absolute Gasteiger partial charge is 0.481 e. The number of aliphatic carboxylic acids is 1. The second-order valence-corrected chi connectivity index (χ2v) is 5.69. The number of carbonyl (C=O) groups is 2. The normalized spacial score (nSPS) is 21.8. The Balaban J connectivity index is 2.70. The first-order valence-corrected chi connectivity index (χ1v) is 6.09. The molecule has 0 aliphatic carbocycles. The molecule has 0 aromatic carbocycles. The van der Waals surface area contributed by atoms with E-state index in [4.69, 9.17) is 9.84 Å². The van der Waals surface area contributed by atoms with Crippen molar-refractivity contribution in [1.29, 1.82) is 0 Å². The Morgan fingerprint density at radius 1 is 1.33 bits per heavy atom. The summed E-state index contributed by atoms with van der Waals surface area (Å²) < 4.78 is 5.30. The van der Waals surface area contributed by atoms with Crippen LogP contribution in [0.1, 0.15) is 27.2 Å². The predicted octanol–water partition coefficient (Wildman–Crippen LogP) is 1.01. The Labute approximate surface area is 107 Å². The lowest BCUT2D eigenvalue weighted by Crippen LogP contribution is -2.55. The molecule has 0 aromatic rings. The quantitative estimate of drug-likeness (QED) is 0.800. The Kier molecular flexibility index (Phi) is 4.56. The van der Waals surface area contributed by atoms with Gasteiger partial charge in [-0.1, -0.05) is 0 Å². The van der Waals surface area contributed by atoms with E-state index in [1.165, 1.54) is 4.90 Å². The minimum absolute atomic E-state index is 0.0520. The van der Waals surface area contributed by atoms with E-state index in [9.17, 15) is 9.59 Å². The molecule has 1 saturated heterocycles. The molecule has 1 aliphatic heterocycles. The highest BCUT2D eigenvalue weighted by atomic mass is 16.6. The van der Waals surface area contributed by atoms with Crippen molar-refractivity contribution in [1.82, 2.24) is 9.80 Å². The van der Waals surface area contributed by atoms with Crippen molar-refractivity contribution in [3.05, 3.63) is 0 Å². The molecule has 1 amide bonds. The van der Waals surface area contributed by atoms with Crippen molar-refractivity contribution in [3.8, 4) is 0 Å². The lowest BCUT2D eigenvalue weighted by atomic mass is 10.1. The maximum Gasteiger partial charge on any atom is 0.410 e. The summed E-state index contributed by atoms with van der Waals surface area (Å²) in [5, 5.41) is 8.89. The number of carboxylic acids is 1. The van der Waals surface area contributed by atoms with Crippen molar-refractivity contribution >= 4 is 12.1 Å². The summed E-state index contributed by atoms with van der Waals surface area (Å²) in [6.45, 7) is 7.19. The van der Waals surface area contributed by atoms with Gasteiger partial charge in [-0.3, -0.25) is 4.79 Å². The van der Waals surface area contributed by atoms with Crippen LogP contribution in [0, 0.1) is 0 Å². The number of carboxylic acid groups (broad SMARTS) is 1. The van der Waals surface area contributed by atoms with Crippen LogP contribution in [-0.4, -0.2) is 65.3 Å². The number of amides is 1. The topological polar surface area (TPSA) is 70.1 Å². The smallest absolute Gasteiger partial charge is 0.410 e. The average Bonchev–Trinajstić information content (AvgIpc) is 2.13. The number of hydrogen-bond acceptors (Lipinski definition) is 4. The highest BCUT2D eigenvalue weighted by Gasteiger charge is 2.33. The predicted molar refractivity (Wildman–Crippen MR) is 66.5 cm³/mol. The molecule has 6 nitrogen and oxygen atoms in total. The van der Waals surface area contributed by atoms with Gasteiger partial charge >= 0.3 is 12.1 Å². The Hall–Kier alpha value is -1.30. The molecule has 1 aliphatic rings. The summed E-state index contributed by atoms with van der Waals surface area (Å²) in [6, 6.07) is -0.323. The first-order valence-electron chi connectivity index (χ1n) is 6.09. The summed E-state index contributed by atoms with van der Waals surface area (Å²) in [4.78, 5) is 26.4. The van der Waals surface area contributed by atoms with Gasteiger partial charge in [0.25, 0.3) is 0 Å². The first-order chi connectivity index (χ1) is 8.19. The molecule has 1 rings (SSSR count). The highest BCUT2D eigenvalue weighted by molar-refractivity contribution is 5.72. The van der Waals surface area contributed by atoms with Gasteiger partial charge in [0.05, 0.1) is 12.5 Å². The molecule has 0 spiro atoms. The molecular weight excluding hydrogens is 236 g/mol. The van der Waals surface area contributed by atoms with E-state index in [1.54, 1.807) is 20.8 Å². The standard InChI is InChI=1S/C12H22N2O4/c1-12(2,3)18-11(17)14-6-5-13(4)8-9(14)7-10(15)16/h9H,5-8H2,1-4H3,(H,15,16). The summed E-state index contributed by atoms with van der Waals surface area (Å²) in [6.07, 6.45) is -0.481. The van der Waals surface area contributed by atoms with E-state index in [0.29, 0.717) is 13.1 Å². The zero-order valence-electron chi connectivity index (χ0n) is 11.5. The van der Waals surface area contributed by atoms with E-state index in [1.807, 2.05) is 11.9 Å². The number of rotatable bonds is 2. The van der Waals surface area contributed by atoms with Gasteiger partial charge in [-0.15, -0.1) is 0 Å². The first kappa shape index (κ1) is 14.8. The monoisotopic (exact) mass is 258 g/mol. The van der Waals surface area contributed by atoms with Crippen LogP contribution < -0.4 is 0 Å². The molecule has 0 bridgehead atoms. The van der Waals surface area contributed by atoms with Crippen molar-refractivity contribution < 1.29 is 19.4 Å². The summed E-state index contributed by atoms with van der Waals surface area (Å²) >= 11 is 0. The molecule has 0 radical (unpaired) electrons. The number of carbonyl (C=O) groups excluding carboxylic acids is 1. The van der Waals surface area contributed by atoms with E-state index in [-0.39, 0.29) is 12.5 Å². The Morgan fingerprint density at radius 3 is 2.44 bits per heavy atom. The lowest BCUT2D eigenvalue weighted by molar-refractivity contribution is -0.138. The summed E-state index contributed by atoms with van der Waals surface area (Å²) in [5.41, 5.74) is -0.561. The van der Waals surface area contributed by atoms with Gasteiger partial charge in [-0.2, -0.15) is 0 Å². The molecule has 1 atom stereocenters. The molecule has 0 aromatic heterocycles. The Morgan fingerprint density at radius 2 is 1.94 bits per heavy atom. The fourth-order valence-corrected chi connectivity index (χ4v) is 1.95. The van der Waals surface area contributed by atoms with Crippen molar-refractivity contribution in [2.24, 2.45) is 0 Å². The molecule has 1 N–H and O–H groups in total. The second kappa shape index (κ2) is 5.56. The Bertz CT molecular complexity index is 325. The van der Waals surface area contributed by atoms with Crippen molar-refractivity contribution in [3.63, 3.8) is 0 Å². The third-order valence-electron chi connectivity index (χ3n) is 2.72. The minimum atomic E-state index is -0.899. The van der Waals surface area contributed by atoms with Crippen LogP contribution in [0.25, 0.3) is 0 Å². The molecule has 1 heterocycles. The van der Waals surface area contributed by atoms with E-state index >= 15 is 0 Å². The molecule has 1 fully saturated rings. The van der Waals surface area contributed by atoms with Crippen LogP contribution in [-0.2, 0) is 9.53 Å². The average molecular weight is 258 g/mol. The van der Waals surface area contributed by atoms with Crippen LogP contribution >= 0.6 is 0 Å². The zero-order valence-corrected chi connectivity index (χ0v) is 11.5. The molecule has 18 heavy (non-hydrogen) atoms.